The zero-order chi connectivity index (χ0) is 19.7. The Balaban J connectivity index is 1.83. The zero-order valence-corrected chi connectivity index (χ0v) is 15.6. The summed E-state index contributed by atoms with van der Waals surface area (Å²) >= 11 is 0. The monoisotopic (exact) mass is 382 g/mol. The summed E-state index contributed by atoms with van der Waals surface area (Å²) in [4.78, 5) is 15.5. The summed E-state index contributed by atoms with van der Waals surface area (Å²) in [5, 5.41) is 22.6. The van der Waals surface area contributed by atoms with Gasteiger partial charge in [-0.15, -0.1) is 0 Å². The molecular formula is C18H26N2O7. The minimum atomic E-state index is -1.25. The molecule has 0 aromatic heterocycles. The molecule has 0 spiro atoms. The van der Waals surface area contributed by atoms with E-state index in [1.807, 2.05) is 0 Å². The highest BCUT2D eigenvalue weighted by molar-refractivity contribution is 6.05. The Morgan fingerprint density at radius 1 is 1.19 bits per heavy atom. The summed E-state index contributed by atoms with van der Waals surface area (Å²) in [6.07, 6.45) is 0. The highest BCUT2D eigenvalue weighted by Crippen LogP contribution is 2.31. The number of aromatic hydroxyl groups is 1. The average Bonchev–Trinajstić information content (AvgIpc) is 3.05. The summed E-state index contributed by atoms with van der Waals surface area (Å²) in [5.74, 6) is -0.519. The van der Waals surface area contributed by atoms with Crippen LogP contribution in [0.5, 0.6) is 11.5 Å². The van der Waals surface area contributed by atoms with E-state index in [1.165, 1.54) is 6.92 Å². The van der Waals surface area contributed by atoms with Gasteiger partial charge in [0.05, 0.1) is 45.1 Å². The SMILES string of the molecule is COCCOCCOCCOc1cccc(C2=NC(C)(C(=O)O)CN2)c1O. The van der Waals surface area contributed by atoms with Crippen molar-refractivity contribution in [2.24, 2.45) is 4.99 Å². The Labute approximate surface area is 157 Å². The second kappa shape index (κ2) is 10.1. The number of para-hydroxylation sites is 1. The minimum absolute atomic E-state index is 0.0960. The molecule has 1 heterocycles. The first-order chi connectivity index (χ1) is 13.0. The first kappa shape index (κ1) is 20.9. The van der Waals surface area contributed by atoms with Gasteiger partial charge >= 0.3 is 5.97 Å². The Hall–Kier alpha value is -2.36. The van der Waals surface area contributed by atoms with Gasteiger partial charge in [0.2, 0.25) is 0 Å². The Morgan fingerprint density at radius 2 is 1.85 bits per heavy atom. The van der Waals surface area contributed by atoms with E-state index >= 15 is 0 Å². The van der Waals surface area contributed by atoms with Crippen molar-refractivity contribution in [3.8, 4) is 11.5 Å². The molecule has 0 aliphatic carbocycles. The molecule has 27 heavy (non-hydrogen) atoms. The number of methoxy groups -OCH3 is 1. The first-order valence-electron chi connectivity index (χ1n) is 8.64. The molecule has 1 aliphatic rings. The second-order valence-corrected chi connectivity index (χ2v) is 6.11. The van der Waals surface area contributed by atoms with Crippen LogP contribution in [0.4, 0.5) is 0 Å². The summed E-state index contributed by atoms with van der Waals surface area (Å²) in [6, 6.07) is 4.98. The lowest BCUT2D eigenvalue weighted by molar-refractivity contribution is -0.141. The molecule has 0 fully saturated rings. The van der Waals surface area contributed by atoms with Gasteiger partial charge in [-0.3, -0.25) is 0 Å². The highest BCUT2D eigenvalue weighted by atomic mass is 16.6. The quantitative estimate of drug-likeness (QED) is 0.451. The number of amidine groups is 1. The fraction of sp³-hybridized carbons (Fsp3) is 0.556. The van der Waals surface area contributed by atoms with Crippen molar-refractivity contribution < 1.29 is 34.0 Å². The molecule has 1 atom stereocenters. The van der Waals surface area contributed by atoms with Crippen LogP contribution in [0.3, 0.4) is 0 Å². The van der Waals surface area contributed by atoms with Crippen LogP contribution in [0.1, 0.15) is 12.5 Å². The predicted octanol–water partition coefficient (Wildman–Crippen LogP) is 0.644. The van der Waals surface area contributed by atoms with E-state index < -0.39 is 11.5 Å². The molecule has 0 saturated heterocycles. The molecule has 1 aliphatic heterocycles. The topological polar surface area (TPSA) is 119 Å². The largest absolute Gasteiger partial charge is 0.504 e. The molecule has 0 amide bonds. The number of carboxylic acid groups (broad SMARTS) is 1. The van der Waals surface area contributed by atoms with Crippen molar-refractivity contribution in [3.63, 3.8) is 0 Å². The number of ether oxygens (including phenoxy) is 4. The van der Waals surface area contributed by atoms with E-state index in [9.17, 15) is 15.0 Å². The van der Waals surface area contributed by atoms with Gasteiger partial charge in [0.1, 0.15) is 12.4 Å². The zero-order valence-electron chi connectivity index (χ0n) is 15.6. The van der Waals surface area contributed by atoms with E-state index in [4.69, 9.17) is 18.9 Å². The summed E-state index contributed by atoms with van der Waals surface area (Å²) in [6.45, 7) is 4.24. The van der Waals surface area contributed by atoms with Gasteiger partial charge < -0.3 is 34.5 Å². The minimum Gasteiger partial charge on any atom is -0.504 e. The second-order valence-electron chi connectivity index (χ2n) is 6.11. The van der Waals surface area contributed by atoms with E-state index in [0.717, 1.165) is 0 Å². The molecule has 1 unspecified atom stereocenters. The van der Waals surface area contributed by atoms with Crippen molar-refractivity contribution in [2.75, 3.05) is 53.3 Å². The molecule has 3 N–H and O–H groups in total. The van der Waals surface area contributed by atoms with Gasteiger partial charge in [0, 0.05) is 7.11 Å². The standard InChI is InChI=1S/C18H26N2O7/c1-18(17(22)23)12-19-16(20-18)13-4-3-5-14(15(13)21)27-11-10-26-9-8-25-7-6-24-2/h3-5,21H,6-12H2,1-2H3,(H,19,20)(H,22,23). The number of hydrogen-bond donors (Lipinski definition) is 3. The van der Waals surface area contributed by atoms with Gasteiger partial charge in [-0.05, 0) is 19.1 Å². The van der Waals surface area contributed by atoms with Gasteiger partial charge in [-0.1, -0.05) is 6.07 Å². The van der Waals surface area contributed by atoms with E-state index in [1.54, 1.807) is 25.3 Å². The molecule has 1 aromatic carbocycles. The molecule has 0 radical (unpaired) electrons. The molecule has 150 valence electrons. The Kier molecular flexibility index (Phi) is 7.83. The van der Waals surface area contributed by atoms with Crippen LogP contribution in [0.25, 0.3) is 0 Å². The van der Waals surface area contributed by atoms with Crippen LogP contribution in [0.2, 0.25) is 0 Å². The van der Waals surface area contributed by atoms with Crippen molar-refractivity contribution in [1.82, 2.24) is 5.32 Å². The van der Waals surface area contributed by atoms with E-state index in [0.29, 0.717) is 44.4 Å². The molecule has 1 aromatic rings. The summed E-state index contributed by atoms with van der Waals surface area (Å²) < 4.78 is 21.1. The Morgan fingerprint density at radius 3 is 2.48 bits per heavy atom. The number of carboxylic acids is 1. The number of hydrogen-bond acceptors (Lipinski definition) is 8. The maximum absolute atomic E-state index is 11.3. The summed E-state index contributed by atoms with van der Waals surface area (Å²) in [5.41, 5.74) is -0.859. The third-order valence-corrected chi connectivity index (χ3v) is 3.96. The number of phenols is 1. The van der Waals surface area contributed by atoms with E-state index in [2.05, 4.69) is 10.3 Å². The lowest BCUT2D eigenvalue weighted by atomic mass is 10.1. The van der Waals surface area contributed by atoms with Gasteiger partial charge in [0.25, 0.3) is 0 Å². The maximum Gasteiger partial charge on any atom is 0.333 e. The van der Waals surface area contributed by atoms with Crippen LogP contribution in [0.15, 0.2) is 23.2 Å². The number of benzene rings is 1. The fourth-order valence-electron chi connectivity index (χ4n) is 2.37. The van der Waals surface area contributed by atoms with Crippen LogP contribution in [0, 0.1) is 0 Å². The number of carbonyl (C=O) groups is 1. The number of aliphatic imine (C=N–C) groups is 1. The lowest BCUT2D eigenvalue weighted by Gasteiger charge is -2.12. The normalized spacial score (nSPS) is 18.8. The number of aliphatic carboxylic acids is 1. The predicted molar refractivity (Wildman–Crippen MR) is 97.7 cm³/mol. The van der Waals surface area contributed by atoms with Crippen LogP contribution >= 0.6 is 0 Å². The number of phenolic OH excluding ortho intramolecular Hbond substituents is 1. The van der Waals surface area contributed by atoms with Crippen molar-refractivity contribution in [2.45, 2.75) is 12.5 Å². The van der Waals surface area contributed by atoms with E-state index in [-0.39, 0.29) is 24.7 Å². The molecule has 9 nitrogen and oxygen atoms in total. The van der Waals surface area contributed by atoms with Crippen LogP contribution in [-0.2, 0) is 19.0 Å². The summed E-state index contributed by atoms with van der Waals surface area (Å²) in [7, 11) is 1.61. The first-order valence-corrected chi connectivity index (χ1v) is 8.64. The highest BCUT2D eigenvalue weighted by Gasteiger charge is 2.38. The third-order valence-electron chi connectivity index (χ3n) is 3.96. The number of nitrogens with zero attached hydrogens (tertiary/aromatic N) is 1. The fourth-order valence-corrected chi connectivity index (χ4v) is 2.37. The average molecular weight is 382 g/mol. The van der Waals surface area contributed by atoms with Crippen molar-refractivity contribution in [3.05, 3.63) is 23.8 Å². The van der Waals surface area contributed by atoms with Gasteiger partial charge in [0.15, 0.2) is 17.0 Å². The molecular weight excluding hydrogens is 356 g/mol. The van der Waals surface area contributed by atoms with Crippen molar-refractivity contribution in [1.29, 1.82) is 0 Å². The number of nitrogens with one attached hydrogen (secondary N) is 1. The Bertz CT molecular complexity index is 665. The maximum atomic E-state index is 11.3. The number of rotatable bonds is 12. The molecule has 0 bridgehead atoms. The molecule has 9 heteroatoms. The molecule has 0 saturated carbocycles. The molecule has 2 rings (SSSR count). The third kappa shape index (κ3) is 5.81. The van der Waals surface area contributed by atoms with Crippen LogP contribution in [-0.4, -0.2) is 80.9 Å². The smallest absolute Gasteiger partial charge is 0.333 e. The van der Waals surface area contributed by atoms with Crippen LogP contribution < -0.4 is 10.1 Å². The lowest BCUT2D eigenvalue weighted by Crippen LogP contribution is -2.37. The van der Waals surface area contributed by atoms with Gasteiger partial charge in [-0.25, -0.2) is 9.79 Å². The van der Waals surface area contributed by atoms with Crippen molar-refractivity contribution >= 4 is 11.8 Å². The van der Waals surface area contributed by atoms with Gasteiger partial charge in [-0.2, -0.15) is 0 Å².